The molecule has 12 heavy (non-hydrogen) atoms. The average molecular weight is 188 g/mol. The molecule has 0 aromatic carbocycles. The second-order valence-corrected chi connectivity index (χ2v) is 6.57. The summed E-state index contributed by atoms with van der Waals surface area (Å²) in [6.07, 6.45) is 0. The van der Waals surface area contributed by atoms with Gasteiger partial charge in [-0.25, -0.2) is 0 Å². The zero-order chi connectivity index (χ0) is 9.57. The van der Waals surface area contributed by atoms with Gasteiger partial charge in [0.15, 0.2) is 0 Å². The summed E-state index contributed by atoms with van der Waals surface area (Å²) in [6, 6.07) is 0. The molecule has 2 nitrogen and oxygen atoms in total. The molecule has 0 unspecified atom stereocenters. The van der Waals surface area contributed by atoms with E-state index in [-0.39, 0.29) is 21.4 Å². The van der Waals surface area contributed by atoms with Crippen molar-refractivity contribution in [3.63, 3.8) is 0 Å². The molecule has 1 rings (SSSR count). The van der Waals surface area contributed by atoms with Crippen LogP contribution in [0.2, 0.25) is 0 Å². The molecule has 0 aromatic rings. The minimum absolute atomic E-state index is 0.0278. The summed E-state index contributed by atoms with van der Waals surface area (Å²) in [4.78, 5) is 11.4. The maximum Gasteiger partial charge on any atom is 0.311 e. The van der Waals surface area contributed by atoms with E-state index in [2.05, 4.69) is 27.7 Å². The van der Waals surface area contributed by atoms with Gasteiger partial charge >= 0.3 is 5.97 Å². The predicted octanol–water partition coefficient (Wildman–Crippen LogP) is 2.08. The average Bonchev–Trinajstić information content (AvgIpc) is 1.82. The third-order valence-electron chi connectivity index (χ3n) is 2.35. The number of thioether (sulfide) groups is 1. The van der Waals surface area contributed by atoms with E-state index in [0.717, 1.165) is 0 Å². The Morgan fingerprint density at radius 3 is 1.83 bits per heavy atom. The molecule has 0 aromatic heterocycles. The van der Waals surface area contributed by atoms with Gasteiger partial charge in [0.05, 0.1) is 13.0 Å². The van der Waals surface area contributed by atoms with Crippen LogP contribution in [0, 0.1) is 5.92 Å². The van der Waals surface area contributed by atoms with E-state index in [9.17, 15) is 4.79 Å². The first-order valence-corrected chi connectivity index (χ1v) is 4.91. The van der Waals surface area contributed by atoms with Crippen molar-refractivity contribution in [1.82, 2.24) is 0 Å². The summed E-state index contributed by atoms with van der Waals surface area (Å²) in [6.45, 7) is 8.35. The monoisotopic (exact) mass is 188 g/mol. The minimum Gasteiger partial charge on any atom is -0.469 e. The van der Waals surface area contributed by atoms with Gasteiger partial charge in [-0.3, -0.25) is 4.79 Å². The first-order valence-electron chi connectivity index (χ1n) is 4.09. The Morgan fingerprint density at radius 1 is 1.25 bits per heavy atom. The number of hydrogen-bond donors (Lipinski definition) is 0. The van der Waals surface area contributed by atoms with Crippen molar-refractivity contribution in [3.8, 4) is 0 Å². The smallest absolute Gasteiger partial charge is 0.311 e. The minimum atomic E-state index is -0.0799. The Balaban J connectivity index is 2.79. The lowest BCUT2D eigenvalue weighted by atomic mass is 9.82. The largest absolute Gasteiger partial charge is 0.469 e. The van der Waals surface area contributed by atoms with E-state index in [0.29, 0.717) is 0 Å². The number of carbonyl (C=O) groups is 1. The lowest BCUT2D eigenvalue weighted by Gasteiger charge is -2.54. The quantitative estimate of drug-likeness (QED) is 0.589. The molecule has 1 fully saturated rings. The summed E-state index contributed by atoms with van der Waals surface area (Å²) in [5.74, 6) is -0.0521. The fourth-order valence-electron chi connectivity index (χ4n) is 2.26. The van der Waals surface area contributed by atoms with Crippen LogP contribution in [0.1, 0.15) is 27.7 Å². The van der Waals surface area contributed by atoms with Crippen LogP contribution >= 0.6 is 11.8 Å². The van der Waals surface area contributed by atoms with Crippen LogP contribution in [-0.4, -0.2) is 22.6 Å². The standard InChI is InChI=1S/C9H16O2S/c1-8(2)6(7(10)11-5)9(3,4)12-8/h6H,1-5H3. The van der Waals surface area contributed by atoms with Gasteiger partial charge < -0.3 is 4.74 Å². The second-order valence-electron chi connectivity index (χ2n) is 4.27. The number of methoxy groups -OCH3 is 1. The van der Waals surface area contributed by atoms with Crippen LogP contribution in [0.25, 0.3) is 0 Å². The van der Waals surface area contributed by atoms with Gasteiger partial charge in [0, 0.05) is 9.49 Å². The third kappa shape index (κ3) is 1.35. The third-order valence-corrected chi connectivity index (χ3v) is 3.88. The zero-order valence-corrected chi connectivity index (χ0v) is 9.12. The summed E-state index contributed by atoms with van der Waals surface area (Å²) >= 11 is 1.84. The molecule has 0 saturated carbocycles. The van der Waals surface area contributed by atoms with Crippen LogP contribution in [0.3, 0.4) is 0 Å². The number of hydrogen-bond acceptors (Lipinski definition) is 3. The molecule has 0 spiro atoms. The van der Waals surface area contributed by atoms with Gasteiger partial charge in [0.25, 0.3) is 0 Å². The Morgan fingerprint density at radius 2 is 1.67 bits per heavy atom. The lowest BCUT2D eigenvalue weighted by Crippen LogP contribution is -2.58. The van der Waals surface area contributed by atoms with E-state index in [1.54, 1.807) is 0 Å². The summed E-state index contributed by atoms with van der Waals surface area (Å²) in [5.41, 5.74) is 0. The number of carbonyl (C=O) groups excluding carboxylic acids is 1. The Kier molecular flexibility index (Phi) is 2.19. The van der Waals surface area contributed by atoms with Gasteiger partial charge in [-0.15, -0.1) is 11.8 Å². The first kappa shape index (κ1) is 9.90. The summed E-state index contributed by atoms with van der Waals surface area (Å²) < 4.78 is 4.85. The fraction of sp³-hybridized carbons (Fsp3) is 0.889. The highest BCUT2D eigenvalue weighted by Crippen LogP contribution is 2.59. The maximum absolute atomic E-state index is 11.4. The van der Waals surface area contributed by atoms with Crippen molar-refractivity contribution >= 4 is 17.7 Å². The van der Waals surface area contributed by atoms with E-state index >= 15 is 0 Å². The summed E-state index contributed by atoms with van der Waals surface area (Å²) in [5, 5.41) is 0. The van der Waals surface area contributed by atoms with Crippen molar-refractivity contribution in [3.05, 3.63) is 0 Å². The van der Waals surface area contributed by atoms with Gasteiger partial charge in [0.2, 0.25) is 0 Å². The topological polar surface area (TPSA) is 26.3 Å². The molecule has 0 atom stereocenters. The van der Waals surface area contributed by atoms with E-state index in [4.69, 9.17) is 4.74 Å². The van der Waals surface area contributed by atoms with Gasteiger partial charge in [0.1, 0.15) is 0 Å². The van der Waals surface area contributed by atoms with Crippen LogP contribution in [-0.2, 0) is 9.53 Å². The van der Waals surface area contributed by atoms with E-state index in [1.807, 2.05) is 11.8 Å². The first-order chi connectivity index (χ1) is 5.31. The molecule has 0 bridgehead atoms. The fourth-order valence-corrected chi connectivity index (χ4v) is 4.45. The molecular formula is C9H16O2S. The van der Waals surface area contributed by atoms with Crippen molar-refractivity contribution in [2.75, 3.05) is 7.11 Å². The normalized spacial score (nSPS) is 26.1. The van der Waals surface area contributed by atoms with Crippen molar-refractivity contribution in [2.24, 2.45) is 5.92 Å². The highest BCUT2D eigenvalue weighted by Gasteiger charge is 2.58. The Bertz CT molecular complexity index is 195. The molecule has 0 amide bonds. The maximum atomic E-state index is 11.4. The molecule has 0 aliphatic carbocycles. The molecule has 1 aliphatic heterocycles. The SMILES string of the molecule is COC(=O)C1C(C)(C)SC1(C)C. The molecule has 1 heterocycles. The van der Waals surface area contributed by atoms with Crippen LogP contribution in [0.4, 0.5) is 0 Å². The van der Waals surface area contributed by atoms with Crippen LogP contribution < -0.4 is 0 Å². The molecule has 70 valence electrons. The molecule has 0 radical (unpaired) electrons. The van der Waals surface area contributed by atoms with E-state index in [1.165, 1.54) is 7.11 Å². The molecule has 3 heteroatoms. The van der Waals surface area contributed by atoms with Gasteiger partial charge in [-0.1, -0.05) is 0 Å². The summed E-state index contributed by atoms with van der Waals surface area (Å²) in [7, 11) is 1.46. The van der Waals surface area contributed by atoms with Crippen molar-refractivity contribution < 1.29 is 9.53 Å². The molecule has 1 aliphatic rings. The van der Waals surface area contributed by atoms with Crippen LogP contribution in [0.5, 0.6) is 0 Å². The van der Waals surface area contributed by atoms with Crippen molar-refractivity contribution in [1.29, 1.82) is 0 Å². The highest BCUT2D eigenvalue weighted by molar-refractivity contribution is 8.03. The zero-order valence-electron chi connectivity index (χ0n) is 8.30. The van der Waals surface area contributed by atoms with Gasteiger partial charge in [-0.05, 0) is 27.7 Å². The number of rotatable bonds is 1. The second kappa shape index (κ2) is 2.66. The molecule has 1 saturated heterocycles. The molecular weight excluding hydrogens is 172 g/mol. The van der Waals surface area contributed by atoms with E-state index < -0.39 is 0 Å². The Labute approximate surface area is 78.1 Å². The number of esters is 1. The highest BCUT2D eigenvalue weighted by atomic mass is 32.2. The predicted molar refractivity (Wildman–Crippen MR) is 51.3 cm³/mol. The van der Waals surface area contributed by atoms with Gasteiger partial charge in [-0.2, -0.15) is 0 Å². The number of ether oxygens (including phenoxy) is 1. The molecule has 0 N–H and O–H groups in total. The van der Waals surface area contributed by atoms with Crippen molar-refractivity contribution in [2.45, 2.75) is 37.2 Å². The van der Waals surface area contributed by atoms with Crippen LogP contribution in [0.15, 0.2) is 0 Å². The Hall–Kier alpha value is -0.180. The lowest BCUT2D eigenvalue weighted by molar-refractivity contribution is -0.148.